The average molecular weight is 874 g/mol. The van der Waals surface area contributed by atoms with Crippen molar-refractivity contribution in [1.82, 2.24) is 16.0 Å². The maximum absolute atomic E-state index is 13.8. The zero-order chi connectivity index (χ0) is 45.3. The van der Waals surface area contributed by atoms with Crippen LogP contribution < -0.4 is 34.9 Å². The molecule has 5 aromatic rings. The van der Waals surface area contributed by atoms with E-state index in [1.807, 2.05) is 78.9 Å². The molecule has 0 radical (unpaired) electrons. The highest BCUT2D eigenvalue weighted by Gasteiger charge is 2.31. The molecule has 0 saturated carbocycles. The van der Waals surface area contributed by atoms with Crippen LogP contribution in [0.5, 0.6) is 23.0 Å². The van der Waals surface area contributed by atoms with E-state index < -0.39 is 17.7 Å². The number of alkyl carbamates (subject to hydrolysis) is 1. The first kappa shape index (κ1) is 46.9. The third-order valence-corrected chi connectivity index (χ3v) is 10.9. The number of benzene rings is 5. The van der Waals surface area contributed by atoms with Gasteiger partial charge in [0.2, 0.25) is 5.91 Å². The molecule has 338 valence electrons. The molecule has 0 fully saturated rings. The van der Waals surface area contributed by atoms with Crippen molar-refractivity contribution >= 4 is 17.9 Å². The third-order valence-electron chi connectivity index (χ3n) is 10.9. The number of halogens is 1. The third kappa shape index (κ3) is 13.2. The van der Waals surface area contributed by atoms with E-state index in [-0.39, 0.29) is 24.2 Å². The summed E-state index contributed by atoms with van der Waals surface area (Å²) in [5.41, 5.74) is 5.42. The highest BCUT2D eigenvalue weighted by Crippen LogP contribution is 2.39. The van der Waals surface area contributed by atoms with Gasteiger partial charge in [-0.2, -0.15) is 0 Å². The molecule has 1 heterocycles. The maximum atomic E-state index is 13.8. The highest BCUT2D eigenvalue weighted by atomic mass is 19.1. The fourth-order valence-corrected chi connectivity index (χ4v) is 7.35. The summed E-state index contributed by atoms with van der Waals surface area (Å²) >= 11 is 0. The number of carbonyl (C=O) groups excluding carboxylic acids is 3. The number of hydrogen-bond acceptors (Lipinski definition) is 8. The Labute approximate surface area is 376 Å². The van der Waals surface area contributed by atoms with Gasteiger partial charge in [0, 0.05) is 36.7 Å². The molecule has 12 heteroatoms. The van der Waals surface area contributed by atoms with Crippen molar-refractivity contribution in [2.45, 2.75) is 97.5 Å². The number of amides is 3. The second kappa shape index (κ2) is 23.2. The van der Waals surface area contributed by atoms with Crippen LogP contribution in [0.15, 0.2) is 109 Å². The van der Waals surface area contributed by atoms with Crippen LogP contribution in [0.1, 0.15) is 81.2 Å². The molecule has 1 unspecified atom stereocenters. The Balaban J connectivity index is 0.976. The van der Waals surface area contributed by atoms with Crippen molar-refractivity contribution in [2.75, 3.05) is 26.3 Å². The lowest BCUT2D eigenvalue weighted by Gasteiger charge is -2.28. The highest BCUT2D eigenvalue weighted by molar-refractivity contribution is 5.89. The Morgan fingerprint density at radius 3 is 2.11 bits per heavy atom. The quantitative estimate of drug-likeness (QED) is 0.0586. The second-order valence-corrected chi connectivity index (χ2v) is 16.3. The monoisotopic (exact) mass is 873 g/mol. The van der Waals surface area contributed by atoms with E-state index >= 15 is 0 Å². The van der Waals surface area contributed by atoms with Crippen molar-refractivity contribution in [1.29, 1.82) is 0 Å². The van der Waals surface area contributed by atoms with Gasteiger partial charge in [0.15, 0.2) is 6.10 Å². The van der Waals surface area contributed by atoms with Gasteiger partial charge in [0.25, 0.3) is 5.91 Å². The van der Waals surface area contributed by atoms with Crippen LogP contribution in [-0.2, 0) is 46.8 Å². The molecule has 1 aliphatic heterocycles. The fourth-order valence-electron chi connectivity index (χ4n) is 7.35. The lowest BCUT2D eigenvalue weighted by Crippen LogP contribution is -2.55. The number of ether oxygens (including phenoxy) is 5. The van der Waals surface area contributed by atoms with Crippen LogP contribution in [0.25, 0.3) is 11.1 Å². The van der Waals surface area contributed by atoms with Gasteiger partial charge in [-0.25, -0.2) is 9.18 Å². The van der Waals surface area contributed by atoms with Crippen molar-refractivity contribution < 1.29 is 42.5 Å². The van der Waals surface area contributed by atoms with Gasteiger partial charge >= 0.3 is 6.09 Å². The average Bonchev–Trinajstić information content (AvgIpc) is 3.31. The smallest absolute Gasteiger partial charge is 0.408 e. The number of carbonyl (C=O) groups is 3. The molecule has 3 N–H and O–H groups in total. The standard InChI is InChI=1S/C52H60FN3O8/c1-5-15-42-44(60-30-14-31-61-46-33-47(62-34-36-16-9-7-10-17-36)43(32-38(46)6-2)39-20-24-41(53)25-21-39)26-22-40-23-27-45(64-48(40)42)49(57)54-28-13-29-55-50(58)52(3,4)56-51(59)63-35-37-18-11-8-12-19-37/h7-12,16-22,24-26,32-33,45H,5-6,13-15,23,27-31,34-35H2,1-4H3,(H,54,57)(H,55,58)(H,56,59). The molecule has 0 aliphatic carbocycles. The van der Waals surface area contributed by atoms with E-state index in [2.05, 4.69) is 35.9 Å². The van der Waals surface area contributed by atoms with Crippen molar-refractivity contribution in [3.05, 3.63) is 143 Å². The Hall–Kier alpha value is -6.56. The van der Waals surface area contributed by atoms with E-state index in [1.54, 1.807) is 26.0 Å². The largest absolute Gasteiger partial charge is 0.493 e. The van der Waals surface area contributed by atoms with Crippen molar-refractivity contribution in [3.63, 3.8) is 0 Å². The SMILES string of the molecule is CCCc1c(OCCCOc2cc(OCc3ccccc3)c(-c3ccc(F)cc3)cc2CC)ccc2c1OC(C(=O)NCCCNC(=O)C(C)(C)NC(=O)OCc1ccccc1)CC2. The maximum Gasteiger partial charge on any atom is 0.408 e. The summed E-state index contributed by atoms with van der Waals surface area (Å²) in [6.07, 6.45) is 3.33. The zero-order valence-corrected chi connectivity index (χ0v) is 37.3. The van der Waals surface area contributed by atoms with E-state index in [0.29, 0.717) is 70.1 Å². The molecule has 6 rings (SSSR count). The molecule has 0 spiro atoms. The van der Waals surface area contributed by atoms with E-state index in [1.165, 1.54) is 12.1 Å². The molecular formula is C52H60FN3O8. The first-order chi connectivity index (χ1) is 31.0. The summed E-state index contributed by atoms with van der Waals surface area (Å²) in [4.78, 5) is 38.5. The summed E-state index contributed by atoms with van der Waals surface area (Å²) in [6, 6.07) is 33.7. The molecule has 0 saturated heterocycles. The lowest BCUT2D eigenvalue weighted by atomic mass is 9.96. The van der Waals surface area contributed by atoms with Crippen LogP contribution in [0.3, 0.4) is 0 Å². The molecule has 1 aliphatic rings. The number of nitrogens with one attached hydrogen (secondary N) is 3. The van der Waals surface area contributed by atoms with Crippen molar-refractivity contribution in [3.8, 4) is 34.1 Å². The predicted octanol–water partition coefficient (Wildman–Crippen LogP) is 9.46. The summed E-state index contributed by atoms with van der Waals surface area (Å²) in [5, 5.41) is 8.39. The van der Waals surface area contributed by atoms with Crippen LogP contribution in [0.4, 0.5) is 9.18 Å². The van der Waals surface area contributed by atoms with E-state index in [0.717, 1.165) is 69.7 Å². The summed E-state index contributed by atoms with van der Waals surface area (Å²) < 4.78 is 44.5. The van der Waals surface area contributed by atoms with Gasteiger partial charge in [-0.1, -0.05) is 99.1 Å². The molecule has 1 atom stereocenters. The Morgan fingerprint density at radius 1 is 0.750 bits per heavy atom. The molecule has 0 aromatic heterocycles. The minimum Gasteiger partial charge on any atom is -0.493 e. The van der Waals surface area contributed by atoms with E-state index in [9.17, 15) is 18.8 Å². The van der Waals surface area contributed by atoms with Crippen LogP contribution in [0, 0.1) is 5.82 Å². The number of fused-ring (bicyclic) bond motifs is 1. The van der Waals surface area contributed by atoms with Gasteiger partial charge < -0.3 is 39.6 Å². The van der Waals surface area contributed by atoms with Gasteiger partial charge in [-0.15, -0.1) is 0 Å². The second-order valence-electron chi connectivity index (χ2n) is 16.3. The van der Waals surface area contributed by atoms with Crippen molar-refractivity contribution in [2.24, 2.45) is 0 Å². The molecular weight excluding hydrogens is 814 g/mol. The van der Waals surface area contributed by atoms with Gasteiger partial charge in [-0.05, 0) is 98.0 Å². The molecule has 11 nitrogen and oxygen atoms in total. The van der Waals surface area contributed by atoms with E-state index in [4.69, 9.17) is 23.7 Å². The Morgan fingerprint density at radius 2 is 1.42 bits per heavy atom. The number of hydrogen-bond donors (Lipinski definition) is 3. The Bertz CT molecular complexity index is 2300. The molecule has 0 bridgehead atoms. The lowest BCUT2D eigenvalue weighted by molar-refractivity contribution is -0.128. The Kier molecular flexibility index (Phi) is 17.0. The summed E-state index contributed by atoms with van der Waals surface area (Å²) in [6.45, 7) is 9.32. The van der Waals surface area contributed by atoms with Crippen LogP contribution >= 0.6 is 0 Å². The minimum absolute atomic E-state index is 0.0970. The van der Waals surface area contributed by atoms with Crippen LogP contribution in [0.2, 0.25) is 0 Å². The topological polar surface area (TPSA) is 133 Å². The van der Waals surface area contributed by atoms with Gasteiger partial charge in [0.1, 0.15) is 47.6 Å². The van der Waals surface area contributed by atoms with Gasteiger partial charge in [0.05, 0.1) is 13.2 Å². The number of aryl methyl sites for hydroxylation is 2. The number of rotatable bonds is 22. The van der Waals surface area contributed by atoms with Crippen LogP contribution in [-0.4, -0.2) is 55.9 Å². The zero-order valence-electron chi connectivity index (χ0n) is 37.3. The predicted molar refractivity (Wildman–Crippen MR) is 245 cm³/mol. The minimum atomic E-state index is -1.20. The first-order valence-electron chi connectivity index (χ1n) is 22.3. The van der Waals surface area contributed by atoms with Gasteiger partial charge in [-0.3, -0.25) is 9.59 Å². The summed E-state index contributed by atoms with van der Waals surface area (Å²) in [5.74, 6) is 1.96. The summed E-state index contributed by atoms with van der Waals surface area (Å²) in [7, 11) is 0. The first-order valence-corrected chi connectivity index (χ1v) is 22.3. The fraction of sp³-hybridized carbons (Fsp3) is 0.365. The molecule has 3 amide bonds. The molecule has 64 heavy (non-hydrogen) atoms. The molecule has 5 aromatic carbocycles. The normalized spacial score (nSPS) is 13.2.